The fourth-order valence-electron chi connectivity index (χ4n) is 3.22. The van der Waals surface area contributed by atoms with Crippen LogP contribution in [0.3, 0.4) is 0 Å². The highest BCUT2D eigenvalue weighted by Crippen LogP contribution is 2.30. The van der Waals surface area contributed by atoms with E-state index in [0.29, 0.717) is 17.8 Å². The molecule has 29 heavy (non-hydrogen) atoms. The number of furan rings is 1. The number of benzene rings is 2. The number of rotatable bonds is 6. The summed E-state index contributed by atoms with van der Waals surface area (Å²) in [7, 11) is -3.60. The smallest absolute Gasteiger partial charge is 0.251 e. The van der Waals surface area contributed by atoms with Crippen LogP contribution in [-0.2, 0) is 16.4 Å². The molecule has 1 atom stereocenters. The van der Waals surface area contributed by atoms with Crippen molar-refractivity contribution in [3.8, 4) is 0 Å². The molecule has 1 aliphatic heterocycles. The maximum Gasteiger partial charge on any atom is 0.251 e. The Hall–Kier alpha value is -3.10. The van der Waals surface area contributed by atoms with Crippen molar-refractivity contribution in [2.45, 2.75) is 23.9 Å². The van der Waals surface area contributed by atoms with E-state index in [1.807, 2.05) is 12.1 Å². The highest BCUT2D eigenvalue weighted by atomic mass is 32.2. The van der Waals surface area contributed by atoms with Crippen LogP contribution in [0.1, 0.15) is 34.3 Å². The average Bonchev–Trinajstić information content (AvgIpc) is 3.24. The van der Waals surface area contributed by atoms with Crippen LogP contribution in [-0.4, -0.2) is 20.9 Å². The minimum absolute atomic E-state index is 0.168. The van der Waals surface area contributed by atoms with E-state index in [4.69, 9.17) is 4.42 Å². The van der Waals surface area contributed by atoms with Gasteiger partial charge in [-0.1, -0.05) is 24.3 Å². The molecule has 0 aliphatic carbocycles. The number of sulfonamides is 1. The summed E-state index contributed by atoms with van der Waals surface area (Å²) in [5, 5.41) is 6.05. The largest absolute Gasteiger partial charge is 0.469 e. The molecule has 3 N–H and O–H groups in total. The Morgan fingerprint density at radius 1 is 1.03 bits per heavy atom. The number of hydrogen-bond acceptors (Lipinski definition) is 5. The molecule has 3 aromatic rings. The molecule has 4 rings (SSSR count). The molecule has 0 saturated heterocycles. The summed E-state index contributed by atoms with van der Waals surface area (Å²) >= 11 is 0. The van der Waals surface area contributed by atoms with E-state index < -0.39 is 16.2 Å². The predicted octanol–water partition coefficient (Wildman–Crippen LogP) is 3.04. The SMILES string of the molecule is O=C(NCCCc1ccco1)c1ccc([C@@H]2Nc3ccccc3S(=O)(=O)N2)cc1. The molecular weight excluding hydrogens is 390 g/mol. The van der Waals surface area contributed by atoms with Crippen LogP contribution in [0.2, 0.25) is 0 Å². The zero-order chi connectivity index (χ0) is 20.3. The number of carbonyl (C=O) groups excluding carboxylic acids is 1. The van der Waals surface area contributed by atoms with Crippen molar-refractivity contribution in [2.75, 3.05) is 11.9 Å². The number of para-hydroxylation sites is 1. The number of anilines is 1. The fourth-order valence-corrected chi connectivity index (χ4v) is 4.53. The van der Waals surface area contributed by atoms with Gasteiger partial charge in [0.05, 0.1) is 12.0 Å². The molecule has 1 aromatic heterocycles. The summed E-state index contributed by atoms with van der Waals surface area (Å²) < 4.78 is 32.8. The summed E-state index contributed by atoms with van der Waals surface area (Å²) in [6, 6.07) is 17.4. The monoisotopic (exact) mass is 411 g/mol. The van der Waals surface area contributed by atoms with Crippen molar-refractivity contribution in [2.24, 2.45) is 0 Å². The first kappa shape index (κ1) is 19.2. The van der Waals surface area contributed by atoms with Crippen molar-refractivity contribution in [1.29, 1.82) is 0 Å². The molecule has 0 spiro atoms. The number of nitrogens with one attached hydrogen (secondary N) is 3. The topological polar surface area (TPSA) is 100 Å². The number of carbonyl (C=O) groups is 1. The molecule has 2 heterocycles. The van der Waals surface area contributed by atoms with Gasteiger partial charge in [0.1, 0.15) is 16.8 Å². The van der Waals surface area contributed by atoms with E-state index in [0.717, 1.165) is 24.2 Å². The van der Waals surface area contributed by atoms with Gasteiger partial charge in [0, 0.05) is 18.5 Å². The Labute approximate surface area is 169 Å². The minimum atomic E-state index is -3.60. The Bertz CT molecular complexity index is 1090. The molecule has 1 amide bonds. The second kappa shape index (κ2) is 8.10. The summed E-state index contributed by atoms with van der Waals surface area (Å²) in [6.45, 7) is 0.544. The number of aryl methyl sites for hydroxylation is 1. The molecule has 0 saturated carbocycles. The third-order valence-electron chi connectivity index (χ3n) is 4.72. The van der Waals surface area contributed by atoms with Gasteiger partial charge < -0.3 is 15.1 Å². The van der Waals surface area contributed by atoms with E-state index in [-0.39, 0.29) is 10.8 Å². The van der Waals surface area contributed by atoms with E-state index in [1.165, 1.54) is 0 Å². The summed E-state index contributed by atoms with van der Waals surface area (Å²) in [5.74, 6) is 0.728. The molecule has 8 heteroatoms. The zero-order valence-corrected chi connectivity index (χ0v) is 16.4. The Balaban J connectivity index is 1.37. The molecule has 2 aromatic carbocycles. The van der Waals surface area contributed by atoms with Gasteiger partial charge in [-0.25, -0.2) is 8.42 Å². The molecule has 0 fully saturated rings. The Morgan fingerprint density at radius 2 is 1.83 bits per heavy atom. The molecule has 7 nitrogen and oxygen atoms in total. The Morgan fingerprint density at radius 3 is 2.59 bits per heavy atom. The van der Waals surface area contributed by atoms with Crippen LogP contribution in [0.4, 0.5) is 5.69 Å². The normalized spacial score (nSPS) is 17.2. The standard InChI is InChI=1S/C21H21N3O4S/c25-21(22-13-3-5-17-6-4-14-28-17)16-11-9-15(10-12-16)20-23-18-7-1-2-8-19(18)29(26,27)24-20/h1-2,4,6-12,14,20,23-24H,3,5,13H2,(H,22,25)/t20-/m1/s1. The highest BCUT2D eigenvalue weighted by Gasteiger charge is 2.29. The van der Waals surface area contributed by atoms with Crippen LogP contribution < -0.4 is 15.4 Å². The van der Waals surface area contributed by atoms with Crippen LogP contribution in [0.25, 0.3) is 0 Å². The lowest BCUT2D eigenvalue weighted by atomic mass is 10.1. The van der Waals surface area contributed by atoms with Crippen molar-refractivity contribution < 1.29 is 17.6 Å². The highest BCUT2D eigenvalue weighted by molar-refractivity contribution is 7.89. The molecule has 1 aliphatic rings. The molecule has 0 radical (unpaired) electrons. The van der Waals surface area contributed by atoms with Gasteiger partial charge in [0.2, 0.25) is 10.0 Å². The van der Waals surface area contributed by atoms with E-state index in [9.17, 15) is 13.2 Å². The second-order valence-electron chi connectivity index (χ2n) is 6.76. The number of hydrogen-bond donors (Lipinski definition) is 3. The van der Waals surface area contributed by atoms with Gasteiger partial charge in [-0.15, -0.1) is 0 Å². The molecule has 0 unspecified atom stereocenters. The average molecular weight is 411 g/mol. The Kier molecular flexibility index (Phi) is 5.37. The van der Waals surface area contributed by atoms with Gasteiger partial charge in [0.25, 0.3) is 5.91 Å². The fraction of sp³-hybridized carbons (Fsp3) is 0.190. The summed E-state index contributed by atoms with van der Waals surface area (Å²) in [4.78, 5) is 12.5. The van der Waals surface area contributed by atoms with E-state index >= 15 is 0 Å². The van der Waals surface area contributed by atoms with Crippen molar-refractivity contribution in [1.82, 2.24) is 10.0 Å². The lowest BCUT2D eigenvalue weighted by Gasteiger charge is -2.28. The molecular formula is C21H21N3O4S. The van der Waals surface area contributed by atoms with Gasteiger partial charge in [-0.2, -0.15) is 4.72 Å². The molecule has 0 bridgehead atoms. The van der Waals surface area contributed by atoms with Gasteiger partial charge >= 0.3 is 0 Å². The summed E-state index contributed by atoms with van der Waals surface area (Å²) in [6.07, 6.45) is 2.58. The lowest BCUT2D eigenvalue weighted by Crippen LogP contribution is -2.38. The predicted molar refractivity (Wildman–Crippen MR) is 109 cm³/mol. The third kappa shape index (κ3) is 4.33. The van der Waals surface area contributed by atoms with E-state index in [1.54, 1.807) is 54.8 Å². The van der Waals surface area contributed by atoms with Crippen LogP contribution in [0.5, 0.6) is 0 Å². The van der Waals surface area contributed by atoms with Gasteiger partial charge in [-0.3, -0.25) is 4.79 Å². The van der Waals surface area contributed by atoms with Crippen LogP contribution >= 0.6 is 0 Å². The van der Waals surface area contributed by atoms with Crippen LogP contribution in [0.15, 0.2) is 76.2 Å². The van der Waals surface area contributed by atoms with Crippen LogP contribution in [0, 0.1) is 0 Å². The van der Waals surface area contributed by atoms with Crippen molar-refractivity contribution in [3.05, 3.63) is 83.8 Å². The van der Waals surface area contributed by atoms with Gasteiger partial charge in [0.15, 0.2) is 0 Å². The third-order valence-corrected chi connectivity index (χ3v) is 6.20. The number of amides is 1. The maximum atomic E-state index is 12.4. The second-order valence-corrected chi connectivity index (χ2v) is 8.44. The first-order valence-corrected chi connectivity index (χ1v) is 10.8. The first-order chi connectivity index (χ1) is 14.0. The minimum Gasteiger partial charge on any atom is -0.469 e. The first-order valence-electron chi connectivity index (χ1n) is 9.31. The summed E-state index contributed by atoms with van der Waals surface area (Å²) in [5.41, 5.74) is 1.79. The lowest BCUT2D eigenvalue weighted by molar-refractivity contribution is 0.0953. The van der Waals surface area contributed by atoms with Crippen molar-refractivity contribution >= 4 is 21.6 Å². The van der Waals surface area contributed by atoms with Gasteiger partial charge in [-0.05, 0) is 48.4 Å². The molecule has 150 valence electrons. The van der Waals surface area contributed by atoms with E-state index in [2.05, 4.69) is 15.4 Å². The van der Waals surface area contributed by atoms with Crippen molar-refractivity contribution in [3.63, 3.8) is 0 Å². The maximum absolute atomic E-state index is 12.4. The zero-order valence-electron chi connectivity index (χ0n) is 15.6. The number of fused-ring (bicyclic) bond motifs is 1. The quantitative estimate of drug-likeness (QED) is 0.542.